The predicted octanol–water partition coefficient (Wildman–Crippen LogP) is 3.41. The van der Waals surface area contributed by atoms with Crippen molar-refractivity contribution in [1.82, 2.24) is 29.9 Å². The Labute approximate surface area is 170 Å². The number of nitrogens with zero attached hydrogens (tertiary/aromatic N) is 5. The minimum absolute atomic E-state index is 0.0552. The summed E-state index contributed by atoms with van der Waals surface area (Å²) in [5.41, 5.74) is 1.41. The highest BCUT2D eigenvalue weighted by molar-refractivity contribution is 5.94. The van der Waals surface area contributed by atoms with Gasteiger partial charge < -0.3 is 14.6 Å². The Bertz CT molecular complexity index is 1370. The number of halogens is 1. The Balaban J connectivity index is 1.57. The summed E-state index contributed by atoms with van der Waals surface area (Å²) >= 11 is 0. The lowest BCUT2D eigenvalue weighted by Gasteiger charge is -2.19. The first-order valence-corrected chi connectivity index (χ1v) is 9.21. The first-order chi connectivity index (χ1) is 14.4. The van der Waals surface area contributed by atoms with Gasteiger partial charge in [0.2, 0.25) is 5.82 Å². The normalized spacial score (nSPS) is 13.6. The standard InChI is InChI=1S/C21H17FN6O2/c1-21(29,16-5-3-4-6-17(16)22)20-26-19(27-30-20)15-10-24-18-14(15)7-12(8-23-18)13-9-25-28(2)11-13/h3-11,29H,1-2H3,(H,23,24). The number of H-pyrrole nitrogens is 1. The summed E-state index contributed by atoms with van der Waals surface area (Å²) in [6.45, 7) is 1.42. The predicted molar refractivity (Wildman–Crippen MR) is 107 cm³/mol. The number of aromatic nitrogens is 6. The fraction of sp³-hybridized carbons (Fsp3) is 0.143. The Morgan fingerprint density at radius 2 is 2.03 bits per heavy atom. The lowest BCUT2D eigenvalue weighted by atomic mass is 9.95. The third-order valence-corrected chi connectivity index (χ3v) is 5.05. The van der Waals surface area contributed by atoms with Crippen LogP contribution in [0.1, 0.15) is 18.4 Å². The van der Waals surface area contributed by atoms with Crippen LogP contribution >= 0.6 is 0 Å². The van der Waals surface area contributed by atoms with Gasteiger partial charge in [-0.3, -0.25) is 4.68 Å². The van der Waals surface area contributed by atoms with E-state index in [1.54, 1.807) is 35.4 Å². The molecule has 0 bridgehead atoms. The molecule has 0 saturated carbocycles. The number of benzene rings is 1. The molecule has 0 saturated heterocycles. The second-order valence-corrected chi connectivity index (χ2v) is 7.20. The van der Waals surface area contributed by atoms with Crippen LogP contribution < -0.4 is 0 Å². The molecule has 0 radical (unpaired) electrons. The van der Waals surface area contributed by atoms with Crippen LogP contribution in [0, 0.1) is 5.82 Å². The zero-order valence-corrected chi connectivity index (χ0v) is 16.2. The first kappa shape index (κ1) is 18.2. The van der Waals surface area contributed by atoms with Gasteiger partial charge in [0, 0.05) is 53.3 Å². The van der Waals surface area contributed by atoms with Crippen molar-refractivity contribution >= 4 is 11.0 Å². The number of pyridine rings is 1. The van der Waals surface area contributed by atoms with Crippen LogP contribution in [0.3, 0.4) is 0 Å². The van der Waals surface area contributed by atoms with Gasteiger partial charge in [-0.25, -0.2) is 9.37 Å². The highest BCUT2D eigenvalue weighted by atomic mass is 19.1. The smallest absolute Gasteiger partial charge is 0.263 e. The van der Waals surface area contributed by atoms with Crippen molar-refractivity contribution in [2.45, 2.75) is 12.5 Å². The third kappa shape index (κ3) is 2.87. The fourth-order valence-corrected chi connectivity index (χ4v) is 3.42. The van der Waals surface area contributed by atoms with Crippen molar-refractivity contribution in [3.8, 4) is 22.5 Å². The Hall–Kier alpha value is -3.85. The van der Waals surface area contributed by atoms with E-state index < -0.39 is 11.4 Å². The van der Waals surface area contributed by atoms with Gasteiger partial charge in [0.1, 0.15) is 11.5 Å². The van der Waals surface area contributed by atoms with Crippen LogP contribution in [-0.4, -0.2) is 35.0 Å². The van der Waals surface area contributed by atoms with Crippen molar-refractivity contribution in [3.63, 3.8) is 0 Å². The molecule has 0 aliphatic heterocycles. The number of aryl methyl sites for hydroxylation is 1. The molecule has 8 nitrogen and oxygen atoms in total. The molecule has 1 unspecified atom stereocenters. The van der Waals surface area contributed by atoms with E-state index >= 15 is 0 Å². The lowest BCUT2D eigenvalue weighted by Crippen LogP contribution is -2.24. The number of hydrogen-bond acceptors (Lipinski definition) is 6. The molecule has 2 N–H and O–H groups in total. The number of nitrogens with one attached hydrogen (secondary N) is 1. The third-order valence-electron chi connectivity index (χ3n) is 5.05. The molecule has 5 rings (SSSR count). The van der Waals surface area contributed by atoms with Gasteiger partial charge in [-0.1, -0.05) is 23.4 Å². The van der Waals surface area contributed by atoms with Crippen LogP contribution in [0.2, 0.25) is 0 Å². The quantitative estimate of drug-likeness (QED) is 0.476. The molecule has 1 atom stereocenters. The largest absolute Gasteiger partial charge is 0.375 e. The summed E-state index contributed by atoms with van der Waals surface area (Å²) < 4.78 is 21.2. The zero-order chi connectivity index (χ0) is 20.9. The number of fused-ring (bicyclic) bond motifs is 1. The van der Waals surface area contributed by atoms with E-state index in [0.29, 0.717) is 11.2 Å². The maximum absolute atomic E-state index is 14.2. The van der Waals surface area contributed by atoms with Crippen molar-refractivity contribution in [2.24, 2.45) is 7.05 Å². The molecule has 0 fully saturated rings. The molecular weight excluding hydrogens is 387 g/mol. The molecule has 4 aromatic heterocycles. The summed E-state index contributed by atoms with van der Waals surface area (Å²) in [6.07, 6.45) is 7.13. The summed E-state index contributed by atoms with van der Waals surface area (Å²) in [4.78, 5) is 11.9. The molecule has 1 aromatic carbocycles. The molecule has 0 aliphatic rings. The summed E-state index contributed by atoms with van der Waals surface area (Å²) in [5.74, 6) is -0.397. The first-order valence-electron chi connectivity index (χ1n) is 9.21. The molecule has 5 aromatic rings. The van der Waals surface area contributed by atoms with Crippen LogP contribution in [0.25, 0.3) is 33.5 Å². The second kappa shape index (κ2) is 6.60. The molecular formula is C21H17FN6O2. The van der Waals surface area contributed by atoms with Crippen LogP contribution in [0.4, 0.5) is 4.39 Å². The van der Waals surface area contributed by atoms with E-state index in [4.69, 9.17) is 4.52 Å². The van der Waals surface area contributed by atoms with E-state index in [-0.39, 0.29) is 17.3 Å². The molecule has 0 spiro atoms. The highest BCUT2D eigenvalue weighted by Gasteiger charge is 2.35. The number of hydrogen-bond donors (Lipinski definition) is 2. The van der Waals surface area contributed by atoms with Gasteiger partial charge in [-0.15, -0.1) is 0 Å². The van der Waals surface area contributed by atoms with Crippen LogP contribution in [0.15, 0.2) is 59.6 Å². The summed E-state index contributed by atoms with van der Waals surface area (Å²) in [5, 5.41) is 19.9. The Morgan fingerprint density at radius 1 is 1.20 bits per heavy atom. The van der Waals surface area contributed by atoms with Gasteiger partial charge in [0.15, 0.2) is 5.60 Å². The Kier molecular flexibility index (Phi) is 4.00. The van der Waals surface area contributed by atoms with E-state index in [0.717, 1.165) is 16.5 Å². The molecule has 30 heavy (non-hydrogen) atoms. The molecule has 4 heterocycles. The number of rotatable bonds is 4. The van der Waals surface area contributed by atoms with Gasteiger partial charge in [0.05, 0.1) is 6.20 Å². The number of aromatic amines is 1. The topological polar surface area (TPSA) is 106 Å². The van der Waals surface area contributed by atoms with Gasteiger partial charge in [0.25, 0.3) is 5.89 Å². The van der Waals surface area contributed by atoms with E-state index in [9.17, 15) is 9.50 Å². The average molecular weight is 404 g/mol. The highest BCUT2D eigenvalue weighted by Crippen LogP contribution is 2.33. The molecule has 150 valence electrons. The van der Waals surface area contributed by atoms with Crippen molar-refractivity contribution in [1.29, 1.82) is 0 Å². The van der Waals surface area contributed by atoms with Gasteiger partial charge in [-0.2, -0.15) is 10.1 Å². The van der Waals surface area contributed by atoms with Crippen molar-refractivity contribution in [3.05, 3.63) is 72.4 Å². The van der Waals surface area contributed by atoms with Crippen molar-refractivity contribution in [2.75, 3.05) is 0 Å². The van der Waals surface area contributed by atoms with E-state index in [2.05, 4.69) is 25.2 Å². The van der Waals surface area contributed by atoms with Crippen LogP contribution in [0.5, 0.6) is 0 Å². The zero-order valence-electron chi connectivity index (χ0n) is 16.2. The van der Waals surface area contributed by atoms with Crippen LogP contribution in [-0.2, 0) is 12.6 Å². The van der Waals surface area contributed by atoms with E-state index in [1.165, 1.54) is 19.1 Å². The molecule has 0 amide bonds. The van der Waals surface area contributed by atoms with Gasteiger partial charge in [-0.05, 0) is 19.1 Å². The minimum Gasteiger partial charge on any atom is -0.375 e. The fourth-order valence-electron chi connectivity index (χ4n) is 3.42. The Morgan fingerprint density at radius 3 is 2.80 bits per heavy atom. The SMILES string of the molecule is Cn1cc(-c2cnc3[nH]cc(-c4noc(C(C)(O)c5ccccc5F)n4)c3c2)cn1. The monoisotopic (exact) mass is 404 g/mol. The average Bonchev–Trinajstić information content (AvgIpc) is 3.46. The maximum Gasteiger partial charge on any atom is 0.263 e. The van der Waals surface area contributed by atoms with Gasteiger partial charge >= 0.3 is 0 Å². The number of aliphatic hydroxyl groups is 1. The van der Waals surface area contributed by atoms with Crippen molar-refractivity contribution < 1.29 is 14.0 Å². The second-order valence-electron chi connectivity index (χ2n) is 7.20. The van der Waals surface area contributed by atoms with E-state index in [1.807, 2.05) is 19.3 Å². The minimum atomic E-state index is -1.78. The maximum atomic E-state index is 14.2. The lowest BCUT2D eigenvalue weighted by molar-refractivity contribution is 0.0602. The molecule has 0 aliphatic carbocycles. The molecule has 9 heteroatoms. The summed E-state index contributed by atoms with van der Waals surface area (Å²) in [7, 11) is 1.85. The summed E-state index contributed by atoms with van der Waals surface area (Å²) in [6, 6.07) is 7.89.